The van der Waals surface area contributed by atoms with Gasteiger partial charge in [0.15, 0.2) is 47.9 Å². The lowest BCUT2D eigenvalue weighted by molar-refractivity contribution is -0.170. The molecule has 2 aromatic heterocycles. The fraction of sp³-hybridized carbons (Fsp3) is 0.688. The van der Waals surface area contributed by atoms with Crippen molar-refractivity contribution >= 4 is 37.1 Å². The minimum atomic E-state index is -1.89. The minimum absolute atomic E-state index is 0.00619. The van der Waals surface area contributed by atoms with Crippen LogP contribution in [0.5, 0.6) is 0 Å². The van der Waals surface area contributed by atoms with Crippen LogP contribution in [0.2, 0.25) is 18.1 Å². The number of rotatable bonds is 12. The summed E-state index contributed by atoms with van der Waals surface area (Å²) in [6, 6.07) is 3.88. The first-order valence-corrected chi connectivity index (χ1v) is 20.2. The predicted octanol–water partition coefficient (Wildman–Crippen LogP) is 6.84. The number of halogens is 2. The molecule has 6 atom stereocenters. The fourth-order valence-corrected chi connectivity index (χ4v) is 7.78. The zero-order valence-electron chi connectivity index (χ0n) is 28.0. The zero-order chi connectivity index (χ0) is 33.0. The molecule has 0 radical (unpaired) electrons. The first-order chi connectivity index (χ1) is 21.7. The summed E-state index contributed by atoms with van der Waals surface area (Å²) < 4.78 is 54.9. The Morgan fingerprint density at radius 3 is 2.57 bits per heavy atom. The van der Waals surface area contributed by atoms with Gasteiger partial charge in [-0.3, -0.25) is 0 Å². The highest BCUT2D eigenvalue weighted by atomic mass is 32.2. The molecule has 1 aromatic carbocycles. The maximum absolute atomic E-state index is 13.9. The van der Waals surface area contributed by atoms with Gasteiger partial charge in [0.1, 0.15) is 12.2 Å². The second kappa shape index (κ2) is 12.7. The Kier molecular flexibility index (Phi) is 9.26. The van der Waals surface area contributed by atoms with Crippen LogP contribution in [0.25, 0.3) is 11.2 Å². The molecule has 1 aliphatic heterocycles. The summed E-state index contributed by atoms with van der Waals surface area (Å²) >= 11 is 1.58. The van der Waals surface area contributed by atoms with Gasteiger partial charge in [0.05, 0.1) is 25.4 Å². The van der Waals surface area contributed by atoms with E-state index in [1.807, 2.05) is 18.5 Å². The van der Waals surface area contributed by atoms with Crippen molar-refractivity contribution in [3.05, 3.63) is 35.4 Å². The largest absolute Gasteiger partial charge is 0.414 e. The number of nitrogens with zero attached hydrogens (tertiary/aromatic N) is 5. The molecular weight excluding hydrogens is 631 g/mol. The molecule has 14 heteroatoms. The summed E-state index contributed by atoms with van der Waals surface area (Å²) in [5.74, 6) is -0.966. The standard InChI is InChI=1S/C32H46F2N6O4SSi/c1-9-14-45-30-36-28(35-22-16-19(22)18-10-11-20(33)21(34)15-18)25-29(37-30)40(39-38-25)23-17-24(27-26(23)43-32(5,6)44-27)41-12-13-42-46(7,8)31(2,3)4/h10-11,15,19,22-24,26-27H,9,12-14,16-17H2,1-8H3,(H,35,36,37)/t19-,22+,23+,24-,26-,27+/m1/s1. The molecule has 1 saturated heterocycles. The normalized spacial score (nSPS) is 27.3. The number of hydrogen-bond acceptors (Lipinski definition) is 10. The number of benzene rings is 1. The van der Waals surface area contributed by atoms with Crippen LogP contribution in [0, 0.1) is 11.6 Å². The van der Waals surface area contributed by atoms with E-state index in [4.69, 9.17) is 28.6 Å². The number of anilines is 1. The first kappa shape index (κ1) is 33.7. The summed E-state index contributed by atoms with van der Waals surface area (Å²) in [6.07, 6.45) is 1.57. The number of thioether (sulfide) groups is 1. The van der Waals surface area contributed by atoms with Crippen molar-refractivity contribution in [2.75, 3.05) is 24.3 Å². The van der Waals surface area contributed by atoms with E-state index < -0.39 is 25.7 Å². The average molecular weight is 677 g/mol. The molecule has 46 heavy (non-hydrogen) atoms. The molecule has 0 spiro atoms. The Morgan fingerprint density at radius 2 is 1.85 bits per heavy atom. The van der Waals surface area contributed by atoms with Gasteiger partial charge >= 0.3 is 0 Å². The lowest BCUT2D eigenvalue weighted by atomic mass is 10.1. The van der Waals surface area contributed by atoms with Gasteiger partial charge in [0, 0.05) is 24.1 Å². The summed E-state index contributed by atoms with van der Waals surface area (Å²) in [5, 5.41) is 13.4. The van der Waals surface area contributed by atoms with E-state index in [-0.39, 0.29) is 41.4 Å². The van der Waals surface area contributed by atoms with Gasteiger partial charge in [0.2, 0.25) is 0 Å². The van der Waals surface area contributed by atoms with E-state index in [1.165, 1.54) is 12.1 Å². The van der Waals surface area contributed by atoms with Gasteiger partial charge in [-0.2, -0.15) is 0 Å². The van der Waals surface area contributed by atoms with Crippen molar-refractivity contribution in [2.24, 2.45) is 0 Å². The van der Waals surface area contributed by atoms with Crippen molar-refractivity contribution in [3.8, 4) is 0 Å². The van der Waals surface area contributed by atoms with Crippen molar-refractivity contribution in [1.29, 1.82) is 0 Å². The van der Waals surface area contributed by atoms with E-state index in [1.54, 1.807) is 17.8 Å². The highest BCUT2D eigenvalue weighted by molar-refractivity contribution is 7.99. The molecule has 0 bridgehead atoms. The van der Waals surface area contributed by atoms with Crippen LogP contribution < -0.4 is 5.32 Å². The number of ether oxygens (including phenoxy) is 3. The smallest absolute Gasteiger partial charge is 0.192 e. The third-order valence-electron chi connectivity index (χ3n) is 9.60. The highest BCUT2D eigenvalue weighted by Gasteiger charge is 2.56. The van der Waals surface area contributed by atoms with Gasteiger partial charge in [-0.15, -0.1) is 5.10 Å². The third kappa shape index (κ3) is 6.84. The first-order valence-electron chi connectivity index (χ1n) is 16.3. The van der Waals surface area contributed by atoms with E-state index in [0.717, 1.165) is 24.2 Å². The van der Waals surface area contributed by atoms with Crippen molar-refractivity contribution in [1.82, 2.24) is 25.0 Å². The van der Waals surface area contributed by atoms with Gasteiger partial charge < -0.3 is 24.0 Å². The average Bonchev–Trinajstić information content (AvgIpc) is 3.31. The summed E-state index contributed by atoms with van der Waals surface area (Å²) in [5.41, 5.74) is 1.92. The summed E-state index contributed by atoms with van der Waals surface area (Å²) in [4.78, 5) is 9.72. The summed E-state index contributed by atoms with van der Waals surface area (Å²) in [6.45, 7) is 18.1. The molecule has 10 nitrogen and oxygen atoms in total. The van der Waals surface area contributed by atoms with Crippen molar-refractivity contribution < 1.29 is 27.4 Å². The Labute approximate surface area is 274 Å². The topological polar surface area (TPSA) is 105 Å². The second-order valence-corrected chi connectivity index (χ2v) is 20.4. The quantitative estimate of drug-likeness (QED) is 0.0949. The second-order valence-electron chi connectivity index (χ2n) is 14.6. The maximum Gasteiger partial charge on any atom is 0.192 e. The molecule has 3 heterocycles. The van der Waals surface area contributed by atoms with Crippen molar-refractivity contribution in [2.45, 2.75) is 126 Å². The Balaban J connectivity index is 1.23. The van der Waals surface area contributed by atoms with Gasteiger partial charge in [-0.1, -0.05) is 50.7 Å². The summed E-state index contributed by atoms with van der Waals surface area (Å²) in [7, 11) is -1.89. The van der Waals surface area contributed by atoms with E-state index in [2.05, 4.69) is 56.4 Å². The van der Waals surface area contributed by atoms with E-state index in [9.17, 15) is 8.78 Å². The van der Waals surface area contributed by atoms with Crippen LogP contribution in [-0.2, 0) is 18.6 Å². The Hall–Kier alpha value is -2.23. The number of hydrogen-bond donors (Lipinski definition) is 1. The van der Waals surface area contributed by atoms with Crippen molar-refractivity contribution in [3.63, 3.8) is 0 Å². The number of nitrogens with one attached hydrogen (secondary N) is 1. The third-order valence-corrected chi connectivity index (χ3v) is 15.2. The van der Waals surface area contributed by atoms with Crippen LogP contribution >= 0.6 is 11.8 Å². The van der Waals surface area contributed by atoms with E-state index in [0.29, 0.717) is 41.8 Å². The minimum Gasteiger partial charge on any atom is -0.414 e. The van der Waals surface area contributed by atoms with Crippen LogP contribution in [0.4, 0.5) is 14.6 Å². The Morgan fingerprint density at radius 1 is 1.09 bits per heavy atom. The number of aromatic nitrogens is 5. The maximum atomic E-state index is 13.9. The molecule has 3 aromatic rings. The molecule has 2 saturated carbocycles. The van der Waals surface area contributed by atoms with Gasteiger partial charge in [-0.05, 0) is 62.5 Å². The Bertz CT molecular complexity index is 1570. The lowest BCUT2D eigenvalue weighted by Crippen LogP contribution is -2.42. The molecule has 6 rings (SSSR count). The van der Waals surface area contributed by atoms with Crippen LogP contribution in [0.15, 0.2) is 23.4 Å². The monoisotopic (exact) mass is 676 g/mol. The zero-order valence-corrected chi connectivity index (χ0v) is 29.8. The molecule has 3 fully saturated rings. The predicted molar refractivity (Wildman–Crippen MR) is 176 cm³/mol. The lowest BCUT2D eigenvalue weighted by Gasteiger charge is -2.36. The van der Waals surface area contributed by atoms with Gasteiger partial charge in [0.25, 0.3) is 0 Å². The molecule has 252 valence electrons. The number of fused-ring (bicyclic) bond motifs is 2. The molecule has 0 amide bonds. The van der Waals surface area contributed by atoms with Crippen LogP contribution in [0.1, 0.15) is 78.3 Å². The molecular formula is C32H46F2N6O4SSi. The molecule has 3 aliphatic rings. The van der Waals surface area contributed by atoms with E-state index >= 15 is 0 Å². The fourth-order valence-electron chi connectivity index (χ4n) is 6.06. The molecule has 2 aliphatic carbocycles. The molecule has 1 N–H and O–H groups in total. The van der Waals surface area contributed by atoms with Crippen LogP contribution in [0.3, 0.4) is 0 Å². The van der Waals surface area contributed by atoms with Gasteiger partial charge in [-0.25, -0.2) is 23.4 Å². The van der Waals surface area contributed by atoms with Crippen LogP contribution in [-0.4, -0.2) is 82.4 Å². The molecule has 0 unspecified atom stereocenters. The SMILES string of the molecule is CCCSc1nc(N[C@H]2C[C@@H]2c2ccc(F)c(F)c2)c2nnn([C@H]3C[C@@H](OCCO[Si](C)(C)C(C)(C)C)[C@@H]4OC(C)(C)O[C@@H]43)c2n1. The highest BCUT2D eigenvalue weighted by Crippen LogP contribution is 2.47.